The first-order valence-electron chi connectivity index (χ1n) is 11.4. The van der Waals surface area contributed by atoms with Crippen molar-refractivity contribution in [1.82, 2.24) is 4.90 Å². The summed E-state index contributed by atoms with van der Waals surface area (Å²) in [4.78, 5) is 18.3. The summed E-state index contributed by atoms with van der Waals surface area (Å²) in [6.45, 7) is 0. The van der Waals surface area contributed by atoms with Gasteiger partial charge in [0.1, 0.15) is 4.83 Å². The molecule has 7 nitrogen and oxygen atoms in total. The quantitative estimate of drug-likeness (QED) is 0.136. The molecule has 0 aliphatic carbocycles. The molecule has 35 heavy (non-hydrogen) atoms. The van der Waals surface area contributed by atoms with Gasteiger partial charge in [0.2, 0.25) is 5.91 Å². The number of azide groups is 1. The third-order valence-corrected chi connectivity index (χ3v) is 7.34. The largest absolute Gasteiger partial charge is 0.493 e. The number of carbonyl (C=O) groups is 1. The molecule has 1 aliphatic rings. The van der Waals surface area contributed by atoms with Gasteiger partial charge in [-0.3, -0.25) is 4.79 Å². The summed E-state index contributed by atoms with van der Waals surface area (Å²) >= 11 is 3.61. The maximum Gasteiger partial charge on any atom is 0.238 e. The molecule has 4 rings (SSSR count). The fourth-order valence-electron chi connectivity index (χ4n) is 4.79. The van der Waals surface area contributed by atoms with Crippen molar-refractivity contribution in [3.8, 4) is 11.5 Å². The topological polar surface area (TPSA) is 87.5 Å². The molecule has 0 unspecified atom stereocenters. The van der Waals surface area contributed by atoms with Crippen LogP contribution in [-0.2, 0) is 4.79 Å². The van der Waals surface area contributed by atoms with Gasteiger partial charge in [0, 0.05) is 4.91 Å². The van der Waals surface area contributed by atoms with E-state index in [1.807, 2.05) is 41.3 Å². The standard InChI is InChI=1S/C27H27BrN4O3/c1-34-23-16-13-20(17-24(23)35-2)26(30-31-29)25(28)27(33)32-21(18-9-5-3-6-10-18)14-15-22(32)19-11-7-4-8-12-19/h3-13,16-17,21-22,25-26H,14-15H2,1-2H3/t21-,22-,25+,26+/m0/s1. The van der Waals surface area contributed by atoms with E-state index >= 15 is 0 Å². The molecule has 0 spiro atoms. The Morgan fingerprint density at radius 1 is 0.943 bits per heavy atom. The van der Waals surface area contributed by atoms with Crippen LogP contribution in [-0.4, -0.2) is 29.9 Å². The predicted octanol–water partition coefficient (Wildman–Crippen LogP) is 6.92. The summed E-state index contributed by atoms with van der Waals surface area (Å²) in [5.74, 6) is 0.930. The van der Waals surface area contributed by atoms with E-state index < -0.39 is 10.9 Å². The Bertz CT molecular complexity index is 1150. The van der Waals surface area contributed by atoms with E-state index in [0.29, 0.717) is 17.1 Å². The molecule has 1 amide bonds. The maximum absolute atomic E-state index is 14.1. The van der Waals surface area contributed by atoms with Crippen LogP contribution >= 0.6 is 15.9 Å². The van der Waals surface area contributed by atoms with Crippen LogP contribution in [0.2, 0.25) is 0 Å². The third-order valence-electron chi connectivity index (χ3n) is 6.45. The van der Waals surface area contributed by atoms with Crippen molar-refractivity contribution in [2.24, 2.45) is 5.11 Å². The number of rotatable bonds is 8. The van der Waals surface area contributed by atoms with E-state index in [9.17, 15) is 10.3 Å². The van der Waals surface area contributed by atoms with E-state index in [1.54, 1.807) is 32.4 Å². The van der Waals surface area contributed by atoms with Gasteiger partial charge in [0.05, 0.1) is 32.3 Å². The van der Waals surface area contributed by atoms with Gasteiger partial charge in [0.15, 0.2) is 11.5 Å². The number of hydrogen-bond donors (Lipinski definition) is 0. The number of likely N-dealkylation sites (tertiary alicyclic amines) is 1. The summed E-state index contributed by atoms with van der Waals surface area (Å²) in [5.41, 5.74) is 12.2. The minimum absolute atomic E-state index is 0.0777. The van der Waals surface area contributed by atoms with E-state index in [0.717, 1.165) is 24.0 Å². The number of amides is 1. The first kappa shape index (κ1) is 24.6. The summed E-state index contributed by atoms with van der Waals surface area (Å²) < 4.78 is 10.8. The van der Waals surface area contributed by atoms with Crippen LogP contribution in [0.25, 0.3) is 10.4 Å². The van der Waals surface area contributed by atoms with Gasteiger partial charge in [-0.05, 0) is 47.2 Å². The predicted molar refractivity (Wildman–Crippen MR) is 139 cm³/mol. The molecule has 8 heteroatoms. The zero-order chi connectivity index (χ0) is 24.8. The number of carbonyl (C=O) groups excluding carboxylic acids is 1. The van der Waals surface area contributed by atoms with Gasteiger partial charge in [-0.1, -0.05) is 87.8 Å². The van der Waals surface area contributed by atoms with Crippen LogP contribution in [0.4, 0.5) is 0 Å². The molecule has 0 aromatic heterocycles. The molecular weight excluding hydrogens is 508 g/mol. The molecule has 0 N–H and O–H groups in total. The van der Waals surface area contributed by atoms with Crippen molar-refractivity contribution in [1.29, 1.82) is 0 Å². The molecular formula is C27H27BrN4O3. The Labute approximate surface area is 213 Å². The van der Waals surface area contributed by atoms with E-state index in [-0.39, 0.29) is 18.0 Å². The summed E-state index contributed by atoms with van der Waals surface area (Å²) in [6, 6.07) is 24.5. The van der Waals surface area contributed by atoms with Crippen molar-refractivity contribution >= 4 is 21.8 Å². The first-order chi connectivity index (χ1) is 17.1. The van der Waals surface area contributed by atoms with Crippen LogP contribution in [0, 0.1) is 0 Å². The molecule has 0 saturated carbocycles. The second-order valence-electron chi connectivity index (χ2n) is 8.34. The van der Waals surface area contributed by atoms with E-state index in [4.69, 9.17) is 9.47 Å². The molecule has 1 fully saturated rings. The number of hydrogen-bond acceptors (Lipinski definition) is 4. The van der Waals surface area contributed by atoms with Crippen molar-refractivity contribution in [2.75, 3.05) is 14.2 Å². The van der Waals surface area contributed by atoms with E-state index in [2.05, 4.69) is 50.2 Å². The van der Waals surface area contributed by atoms with Gasteiger partial charge in [-0.2, -0.15) is 0 Å². The number of methoxy groups -OCH3 is 2. The lowest BCUT2D eigenvalue weighted by Gasteiger charge is -2.34. The molecule has 1 aliphatic heterocycles. The summed E-state index contributed by atoms with van der Waals surface area (Å²) in [6.07, 6.45) is 1.69. The Hall–Kier alpha value is -3.48. The van der Waals surface area contributed by atoms with Crippen LogP contribution < -0.4 is 9.47 Å². The highest BCUT2D eigenvalue weighted by Crippen LogP contribution is 2.46. The van der Waals surface area contributed by atoms with Gasteiger partial charge >= 0.3 is 0 Å². The van der Waals surface area contributed by atoms with Crippen molar-refractivity contribution in [2.45, 2.75) is 35.8 Å². The Morgan fingerprint density at radius 3 is 1.97 bits per heavy atom. The highest BCUT2D eigenvalue weighted by Gasteiger charge is 2.42. The minimum atomic E-state index is -0.777. The van der Waals surface area contributed by atoms with Crippen LogP contribution in [0.3, 0.4) is 0 Å². The average Bonchev–Trinajstić information content (AvgIpc) is 3.36. The normalized spacial score (nSPS) is 18.9. The fraction of sp³-hybridized carbons (Fsp3) is 0.296. The lowest BCUT2D eigenvalue weighted by Crippen LogP contribution is -2.40. The molecule has 4 atom stereocenters. The lowest BCUT2D eigenvalue weighted by molar-refractivity contribution is -0.134. The molecule has 0 radical (unpaired) electrons. The Balaban J connectivity index is 1.72. The van der Waals surface area contributed by atoms with Gasteiger partial charge in [-0.25, -0.2) is 0 Å². The minimum Gasteiger partial charge on any atom is -0.493 e. The smallest absolute Gasteiger partial charge is 0.238 e. The zero-order valence-electron chi connectivity index (χ0n) is 19.6. The van der Waals surface area contributed by atoms with Crippen LogP contribution in [0.1, 0.15) is 47.7 Å². The number of nitrogens with zero attached hydrogens (tertiary/aromatic N) is 4. The molecule has 3 aromatic rings. The number of halogens is 1. The van der Waals surface area contributed by atoms with Gasteiger partial charge < -0.3 is 14.4 Å². The molecule has 1 heterocycles. The summed E-state index contributed by atoms with van der Waals surface area (Å²) in [7, 11) is 3.10. The average molecular weight is 535 g/mol. The third kappa shape index (κ3) is 5.14. The number of benzene rings is 3. The molecule has 0 bridgehead atoms. The van der Waals surface area contributed by atoms with Crippen molar-refractivity contribution < 1.29 is 14.3 Å². The van der Waals surface area contributed by atoms with Crippen molar-refractivity contribution in [3.05, 3.63) is 106 Å². The second-order valence-corrected chi connectivity index (χ2v) is 9.33. The maximum atomic E-state index is 14.1. The van der Waals surface area contributed by atoms with Crippen LogP contribution in [0.15, 0.2) is 84.0 Å². The Morgan fingerprint density at radius 2 is 1.49 bits per heavy atom. The lowest BCUT2D eigenvalue weighted by atomic mass is 10.0. The molecule has 180 valence electrons. The molecule has 3 aromatic carbocycles. The second kappa shape index (κ2) is 11.3. The van der Waals surface area contributed by atoms with E-state index in [1.165, 1.54) is 0 Å². The number of alkyl halides is 1. The zero-order valence-corrected chi connectivity index (χ0v) is 21.2. The fourth-order valence-corrected chi connectivity index (χ4v) is 5.43. The highest BCUT2D eigenvalue weighted by atomic mass is 79.9. The van der Waals surface area contributed by atoms with Gasteiger partial charge in [-0.15, -0.1) is 0 Å². The summed E-state index contributed by atoms with van der Waals surface area (Å²) in [5, 5.41) is 4.00. The van der Waals surface area contributed by atoms with Gasteiger partial charge in [0.25, 0.3) is 0 Å². The first-order valence-corrected chi connectivity index (χ1v) is 12.3. The Kier molecular flexibility index (Phi) is 7.95. The monoisotopic (exact) mass is 534 g/mol. The van der Waals surface area contributed by atoms with Crippen molar-refractivity contribution in [3.63, 3.8) is 0 Å². The number of ether oxygens (including phenoxy) is 2. The highest BCUT2D eigenvalue weighted by molar-refractivity contribution is 9.10. The van der Waals surface area contributed by atoms with Crippen LogP contribution in [0.5, 0.6) is 11.5 Å². The molecule has 1 saturated heterocycles. The SMILES string of the molecule is COc1ccc([C@@H](N=[N+]=[N-])[C@@H](Br)C(=O)N2[C@H](c3ccccc3)CC[C@H]2c2ccccc2)cc1OC.